The first-order valence-corrected chi connectivity index (χ1v) is 6.63. The monoisotopic (exact) mass is 292 g/mol. The zero-order valence-corrected chi connectivity index (χ0v) is 11.7. The number of ether oxygens (including phenoxy) is 1. The van der Waals surface area contributed by atoms with E-state index in [1.54, 1.807) is 12.1 Å². The van der Waals surface area contributed by atoms with Crippen molar-refractivity contribution < 1.29 is 19.0 Å². The topological polar surface area (TPSA) is 70.9 Å². The molecule has 0 saturated heterocycles. The van der Waals surface area contributed by atoms with Crippen LogP contribution < -0.4 is 10.2 Å². The van der Waals surface area contributed by atoms with Gasteiger partial charge in [0.15, 0.2) is 0 Å². The van der Waals surface area contributed by atoms with E-state index in [0.717, 1.165) is 0 Å². The van der Waals surface area contributed by atoms with Crippen LogP contribution in [-0.4, -0.2) is 29.9 Å². The van der Waals surface area contributed by atoms with E-state index in [0.29, 0.717) is 17.0 Å². The summed E-state index contributed by atoms with van der Waals surface area (Å²) in [5.74, 6) is -0.538. The Morgan fingerprint density at radius 3 is 3.00 bits per heavy atom. The van der Waals surface area contributed by atoms with Gasteiger partial charge in [-0.1, -0.05) is 19.6 Å². The number of hydrogen-bond acceptors (Lipinski definition) is 4. The summed E-state index contributed by atoms with van der Waals surface area (Å²) in [6, 6.07) is 3.17. The Hall–Kier alpha value is -2.21. The van der Waals surface area contributed by atoms with Crippen molar-refractivity contribution in [1.82, 2.24) is 5.43 Å². The van der Waals surface area contributed by atoms with Crippen molar-refractivity contribution in [2.24, 2.45) is 11.0 Å². The van der Waals surface area contributed by atoms with Crippen molar-refractivity contribution in [2.45, 2.75) is 13.3 Å². The molecule has 5 nitrogen and oxygen atoms in total. The highest BCUT2D eigenvalue weighted by molar-refractivity contribution is 6.06. The Balaban J connectivity index is 2.42. The molecule has 1 aromatic carbocycles. The average molecular weight is 292 g/mol. The number of carbonyl (C=O) groups excluding carboxylic acids is 1. The van der Waals surface area contributed by atoms with Gasteiger partial charge in [0.05, 0.1) is 17.9 Å². The van der Waals surface area contributed by atoms with Crippen LogP contribution in [0.1, 0.15) is 24.5 Å². The molecule has 112 valence electrons. The fourth-order valence-corrected chi connectivity index (χ4v) is 2.22. The molecule has 1 aliphatic heterocycles. The van der Waals surface area contributed by atoms with Gasteiger partial charge in [-0.2, -0.15) is 5.10 Å². The van der Waals surface area contributed by atoms with Crippen LogP contribution in [0.2, 0.25) is 0 Å². The van der Waals surface area contributed by atoms with E-state index in [9.17, 15) is 9.18 Å². The first-order valence-electron chi connectivity index (χ1n) is 6.63. The second-order valence-electron chi connectivity index (χ2n) is 4.75. The number of nitrogens with zero attached hydrogens (tertiary/aromatic N) is 1. The van der Waals surface area contributed by atoms with Gasteiger partial charge in [-0.3, -0.25) is 4.79 Å². The summed E-state index contributed by atoms with van der Waals surface area (Å²) in [6.07, 6.45) is 1.63. The van der Waals surface area contributed by atoms with Gasteiger partial charge in [-0.15, -0.1) is 0 Å². The van der Waals surface area contributed by atoms with Crippen molar-refractivity contribution in [2.75, 3.05) is 13.2 Å². The van der Waals surface area contributed by atoms with E-state index in [1.165, 1.54) is 6.08 Å². The summed E-state index contributed by atoms with van der Waals surface area (Å²) >= 11 is 0. The van der Waals surface area contributed by atoms with E-state index in [2.05, 4.69) is 17.1 Å². The van der Waals surface area contributed by atoms with Crippen LogP contribution in [0.25, 0.3) is 6.08 Å². The summed E-state index contributed by atoms with van der Waals surface area (Å²) < 4.78 is 19.9. The lowest BCUT2D eigenvalue weighted by Crippen LogP contribution is -2.32. The fraction of sp³-hybridized carbons (Fsp3) is 0.333. The molecule has 2 N–H and O–H groups in total. The lowest BCUT2D eigenvalue weighted by atomic mass is 9.92. The maximum atomic E-state index is 14.6. The SMILES string of the molecule is C=Cc1c(OCCO)ccc(C2=NNC(=O)CC2C)c1F. The number of hydrogen-bond donors (Lipinski definition) is 2. The van der Waals surface area contributed by atoms with Crippen molar-refractivity contribution in [1.29, 1.82) is 0 Å². The van der Waals surface area contributed by atoms with Gasteiger partial charge in [-0.05, 0) is 12.1 Å². The van der Waals surface area contributed by atoms with E-state index < -0.39 is 5.82 Å². The van der Waals surface area contributed by atoms with Crippen molar-refractivity contribution in [3.63, 3.8) is 0 Å². The van der Waals surface area contributed by atoms with Crippen molar-refractivity contribution in [3.8, 4) is 5.75 Å². The van der Waals surface area contributed by atoms with Crippen LogP contribution in [0.5, 0.6) is 5.75 Å². The normalized spacial score (nSPS) is 18.0. The Morgan fingerprint density at radius 1 is 1.62 bits per heavy atom. The third kappa shape index (κ3) is 3.11. The number of rotatable bonds is 5. The van der Waals surface area contributed by atoms with E-state index in [-0.39, 0.29) is 37.0 Å². The molecular formula is C15H17FN2O3. The molecule has 0 aromatic heterocycles. The summed E-state index contributed by atoms with van der Waals surface area (Å²) in [6.45, 7) is 5.33. The molecule has 2 rings (SSSR count). The molecule has 6 heteroatoms. The van der Waals surface area contributed by atoms with E-state index in [4.69, 9.17) is 9.84 Å². The summed E-state index contributed by atoms with van der Waals surface area (Å²) in [5, 5.41) is 12.7. The highest BCUT2D eigenvalue weighted by Crippen LogP contribution is 2.28. The molecule has 0 bridgehead atoms. The Bertz CT molecular complexity index is 599. The van der Waals surface area contributed by atoms with Crippen molar-refractivity contribution in [3.05, 3.63) is 35.7 Å². The minimum atomic E-state index is -0.498. The van der Waals surface area contributed by atoms with Crippen LogP contribution in [0.4, 0.5) is 4.39 Å². The van der Waals surface area contributed by atoms with E-state index in [1.807, 2.05) is 6.92 Å². The summed E-state index contributed by atoms with van der Waals surface area (Å²) in [7, 11) is 0. The zero-order valence-electron chi connectivity index (χ0n) is 11.7. The molecule has 1 unspecified atom stereocenters. The van der Waals surface area contributed by atoms with Crippen molar-refractivity contribution >= 4 is 17.7 Å². The standard InChI is InChI=1S/C15H17FN2O3/c1-3-10-12(21-7-6-19)5-4-11(14(10)16)15-9(2)8-13(20)17-18-15/h3-5,9,19H,1,6-8H2,2H3,(H,17,20). The Morgan fingerprint density at radius 2 is 2.38 bits per heavy atom. The third-order valence-electron chi connectivity index (χ3n) is 3.23. The number of hydrazone groups is 1. The quantitative estimate of drug-likeness (QED) is 0.867. The van der Waals surface area contributed by atoms with E-state index >= 15 is 0 Å². The molecule has 0 spiro atoms. The number of aliphatic hydroxyl groups is 1. The summed E-state index contributed by atoms with van der Waals surface area (Å²) in [4.78, 5) is 11.3. The highest BCUT2D eigenvalue weighted by Gasteiger charge is 2.25. The first-order chi connectivity index (χ1) is 10.1. The molecule has 21 heavy (non-hydrogen) atoms. The van der Waals surface area contributed by atoms with Crippen LogP contribution in [0, 0.1) is 11.7 Å². The molecule has 1 amide bonds. The first kappa shape index (κ1) is 15.2. The van der Waals surface area contributed by atoms with Crippen LogP contribution in [0.3, 0.4) is 0 Å². The van der Waals surface area contributed by atoms with Crippen LogP contribution in [-0.2, 0) is 4.79 Å². The maximum Gasteiger partial charge on any atom is 0.240 e. The number of amides is 1. The minimum Gasteiger partial charge on any atom is -0.490 e. The lowest BCUT2D eigenvalue weighted by Gasteiger charge is -2.20. The molecule has 0 fully saturated rings. The molecule has 1 atom stereocenters. The predicted molar refractivity (Wildman–Crippen MR) is 77.5 cm³/mol. The Labute approximate surface area is 122 Å². The van der Waals surface area contributed by atoms with Gasteiger partial charge in [0.2, 0.25) is 5.91 Å². The number of carbonyl (C=O) groups is 1. The molecule has 1 heterocycles. The second kappa shape index (κ2) is 6.49. The van der Waals surface area contributed by atoms with Crippen LogP contribution >= 0.6 is 0 Å². The molecular weight excluding hydrogens is 275 g/mol. The number of halogens is 1. The van der Waals surface area contributed by atoms with Gasteiger partial charge in [0.1, 0.15) is 18.2 Å². The lowest BCUT2D eigenvalue weighted by molar-refractivity contribution is -0.121. The maximum absolute atomic E-state index is 14.6. The average Bonchev–Trinajstić information content (AvgIpc) is 2.46. The minimum absolute atomic E-state index is 0.0764. The number of aliphatic hydroxyl groups excluding tert-OH is 1. The second-order valence-corrected chi connectivity index (χ2v) is 4.75. The molecule has 0 saturated carbocycles. The van der Waals surface area contributed by atoms with Gasteiger partial charge in [-0.25, -0.2) is 9.82 Å². The summed E-state index contributed by atoms with van der Waals surface area (Å²) in [5.41, 5.74) is 3.39. The van der Waals surface area contributed by atoms with Gasteiger partial charge in [0, 0.05) is 17.9 Å². The zero-order chi connectivity index (χ0) is 15.4. The fourth-order valence-electron chi connectivity index (χ4n) is 2.22. The van der Waals surface area contributed by atoms with Gasteiger partial charge >= 0.3 is 0 Å². The highest BCUT2D eigenvalue weighted by atomic mass is 19.1. The van der Waals surface area contributed by atoms with Gasteiger partial charge in [0.25, 0.3) is 0 Å². The number of benzene rings is 1. The molecule has 0 aliphatic carbocycles. The number of nitrogens with one attached hydrogen (secondary N) is 1. The third-order valence-corrected chi connectivity index (χ3v) is 3.23. The largest absolute Gasteiger partial charge is 0.490 e. The predicted octanol–water partition coefficient (Wildman–Crippen LogP) is 1.70. The van der Waals surface area contributed by atoms with Gasteiger partial charge < -0.3 is 9.84 Å². The molecule has 0 radical (unpaired) electrons. The molecule has 1 aromatic rings. The smallest absolute Gasteiger partial charge is 0.240 e. The molecule has 1 aliphatic rings. The Kier molecular flexibility index (Phi) is 4.70. The van der Waals surface area contributed by atoms with Crippen LogP contribution in [0.15, 0.2) is 23.8 Å².